The van der Waals surface area contributed by atoms with Crippen molar-refractivity contribution in [3.8, 4) is 0 Å². The number of rotatable bonds is 14. The molecule has 2 fully saturated rings. The molecule has 9 nitrogen and oxygen atoms in total. The van der Waals surface area contributed by atoms with Crippen molar-refractivity contribution in [2.24, 2.45) is 0 Å². The van der Waals surface area contributed by atoms with E-state index < -0.39 is 10.0 Å². The molecule has 0 unspecified atom stereocenters. The maximum Gasteiger partial charge on any atom is 0.214 e. The maximum atomic E-state index is 13.0. The van der Waals surface area contributed by atoms with Crippen LogP contribution in [-0.4, -0.2) is 86.3 Å². The molecule has 1 saturated heterocycles. The van der Waals surface area contributed by atoms with E-state index in [2.05, 4.69) is 20.5 Å². The summed E-state index contributed by atoms with van der Waals surface area (Å²) in [6, 6.07) is 3.83. The lowest BCUT2D eigenvalue weighted by atomic mass is 9.93. The Morgan fingerprint density at radius 3 is 2.55 bits per heavy atom. The van der Waals surface area contributed by atoms with E-state index >= 15 is 0 Å². The third-order valence-corrected chi connectivity index (χ3v) is 8.38. The first-order chi connectivity index (χ1) is 16.0. The van der Waals surface area contributed by atoms with Gasteiger partial charge in [-0.05, 0) is 50.8 Å². The van der Waals surface area contributed by atoms with Crippen molar-refractivity contribution < 1.29 is 13.2 Å². The van der Waals surface area contributed by atoms with E-state index in [9.17, 15) is 8.42 Å². The van der Waals surface area contributed by atoms with Gasteiger partial charge in [-0.3, -0.25) is 15.3 Å². The van der Waals surface area contributed by atoms with E-state index in [4.69, 9.17) is 10.1 Å². The molecule has 0 amide bonds. The predicted molar refractivity (Wildman–Crippen MR) is 132 cm³/mol. The molecule has 10 heteroatoms. The van der Waals surface area contributed by atoms with E-state index in [1.54, 1.807) is 12.4 Å². The van der Waals surface area contributed by atoms with E-state index in [1.807, 2.05) is 16.4 Å². The molecule has 0 radical (unpaired) electrons. The van der Waals surface area contributed by atoms with Crippen LogP contribution in [0.15, 0.2) is 24.5 Å². The van der Waals surface area contributed by atoms with Gasteiger partial charge in [-0.25, -0.2) is 8.42 Å². The summed E-state index contributed by atoms with van der Waals surface area (Å²) in [7, 11) is -3.20. The Labute approximate surface area is 198 Å². The van der Waals surface area contributed by atoms with Gasteiger partial charge >= 0.3 is 0 Å². The quantitative estimate of drug-likeness (QED) is 0.213. The number of anilines is 1. The number of guanidine groups is 1. The first-order valence-electron chi connectivity index (χ1n) is 12.3. The van der Waals surface area contributed by atoms with Crippen molar-refractivity contribution in [3.63, 3.8) is 0 Å². The van der Waals surface area contributed by atoms with Gasteiger partial charge in [0.1, 0.15) is 0 Å². The summed E-state index contributed by atoms with van der Waals surface area (Å²) in [5.41, 5.74) is 0.827. The van der Waals surface area contributed by atoms with Crippen LogP contribution in [0.2, 0.25) is 0 Å². The molecule has 0 aromatic carbocycles. The lowest BCUT2D eigenvalue weighted by Gasteiger charge is -2.37. The molecule has 1 aliphatic carbocycles. The minimum absolute atomic E-state index is 0.211. The van der Waals surface area contributed by atoms with Crippen LogP contribution < -0.4 is 10.6 Å². The summed E-state index contributed by atoms with van der Waals surface area (Å²) in [6.45, 7) is 5.74. The molecular formula is C23H40N6O3S. The van der Waals surface area contributed by atoms with Crippen LogP contribution in [-0.2, 0) is 14.8 Å². The highest BCUT2D eigenvalue weighted by Gasteiger charge is 2.33. The van der Waals surface area contributed by atoms with E-state index in [0.717, 1.165) is 83.5 Å². The SMILES string of the molecule is N=C(NCCCCCCS(=O)(=O)N(CCCN1CCOCC1)C1CCC1)Nc1ccncc1. The Kier molecular flexibility index (Phi) is 10.8. The molecule has 1 aliphatic heterocycles. The van der Waals surface area contributed by atoms with Gasteiger partial charge in [-0.1, -0.05) is 19.3 Å². The molecule has 0 atom stereocenters. The minimum Gasteiger partial charge on any atom is -0.379 e. The molecular weight excluding hydrogens is 440 g/mol. The van der Waals surface area contributed by atoms with Gasteiger partial charge in [0.05, 0.1) is 19.0 Å². The third-order valence-electron chi connectivity index (χ3n) is 6.38. The van der Waals surface area contributed by atoms with Gasteiger partial charge < -0.3 is 15.4 Å². The Morgan fingerprint density at radius 2 is 1.85 bits per heavy atom. The van der Waals surface area contributed by atoms with Crippen LogP contribution in [0.1, 0.15) is 51.4 Å². The number of unbranched alkanes of at least 4 members (excludes halogenated alkanes) is 3. The fourth-order valence-corrected chi connectivity index (χ4v) is 6.09. The third kappa shape index (κ3) is 9.19. The molecule has 3 N–H and O–H groups in total. The van der Waals surface area contributed by atoms with Crippen molar-refractivity contribution in [1.82, 2.24) is 19.5 Å². The number of nitrogens with zero attached hydrogens (tertiary/aromatic N) is 3. The summed E-state index contributed by atoms with van der Waals surface area (Å²) in [5.74, 6) is 0.505. The molecule has 1 aromatic rings. The Morgan fingerprint density at radius 1 is 1.12 bits per heavy atom. The molecule has 3 rings (SSSR count). The number of pyridine rings is 1. The van der Waals surface area contributed by atoms with Gasteiger partial charge in [0.25, 0.3) is 0 Å². The number of sulfonamides is 1. The Balaban J connectivity index is 1.28. The topological polar surface area (TPSA) is 111 Å². The van der Waals surface area contributed by atoms with E-state index in [-0.39, 0.29) is 17.8 Å². The van der Waals surface area contributed by atoms with Crippen LogP contribution >= 0.6 is 0 Å². The van der Waals surface area contributed by atoms with E-state index in [0.29, 0.717) is 19.5 Å². The van der Waals surface area contributed by atoms with Crippen molar-refractivity contribution in [2.45, 2.75) is 57.4 Å². The van der Waals surface area contributed by atoms with E-state index in [1.165, 1.54) is 0 Å². The zero-order valence-electron chi connectivity index (χ0n) is 19.7. The first kappa shape index (κ1) is 25.9. The average Bonchev–Trinajstić information content (AvgIpc) is 2.78. The zero-order chi connectivity index (χ0) is 23.4. The van der Waals surface area contributed by atoms with Gasteiger partial charge in [0, 0.05) is 50.3 Å². The summed E-state index contributed by atoms with van der Waals surface area (Å²) in [4.78, 5) is 6.32. The van der Waals surface area contributed by atoms with Gasteiger partial charge in [0.15, 0.2) is 5.96 Å². The zero-order valence-corrected chi connectivity index (χ0v) is 20.5. The second-order valence-corrected chi connectivity index (χ2v) is 10.9. The number of hydrogen-bond donors (Lipinski definition) is 3. The molecule has 186 valence electrons. The molecule has 33 heavy (non-hydrogen) atoms. The van der Waals surface area contributed by atoms with Crippen LogP contribution in [0.4, 0.5) is 5.69 Å². The highest BCUT2D eigenvalue weighted by molar-refractivity contribution is 7.89. The molecule has 0 bridgehead atoms. The Hall–Kier alpha value is -1.75. The molecule has 2 heterocycles. The normalized spacial score (nSPS) is 17.6. The number of ether oxygens (including phenoxy) is 1. The van der Waals surface area contributed by atoms with Crippen LogP contribution in [0.25, 0.3) is 0 Å². The van der Waals surface area contributed by atoms with Crippen molar-refractivity contribution in [2.75, 3.05) is 57.0 Å². The number of hydrogen-bond acceptors (Lipinski definition) is 6. The van der Waals surface area contributed by atoms with Crippen LogP contribution in [0.3, 0.4) is 0 Å². The molecule has 0 spiro atoms. The average molecular weight is 481 g/mol. The fraction of sp³-hybridized carbons (Fsp3) is 0.739. The monoisotopic (exact) mass is 480 g/mol. The number of morpholine rings is 1. The lowest BCUT2D eigenvalue weighted by Crippen LogP contribution is -2.46. The summed E-state index contributed by atoms with van der Waals surface area (Å²) in [6.07, 6.45) is 10.8. The minimum atomic E-state index is -3.20. The molecule has 1 aromatic heterocycles. The van der Waals surface area contributed by atoms with Crippen molar-refractivity contribution in [1.29, 1.82) is 5.41 Å². The van der Waals surface area contributed by atoms with Crippen LogP contribution in [0, 0.1) is 5.41 Å². The smallest absolute Gasteiger partial charge is 0.214 e. The largest absolute Gasteiger partial charge is 0.379 e. The summed E-state index contributed by atoms with van der Waals surface area (Å²) in [5, 5.41) is 13.9. The Bertz CT molecular complexity index is 798. The second-order valence-electron chi connectivity index (χ2n) is 8.90. The van der Waals surface area contributed by atoms with Crippen molar-refractivity contribution in [3.05, 3.63) is 24.5 Å². The first-order valence-corrected chi connectivity index (χ1v) is 13.9. The lowest BCUT2D eigenvalue weighted by molar-refractivity contribution is 0.0363. The highest BCUT2D eigenvalue weighted by atomic mass is 32.2. The highest BCUT2D eigenvalue weighted by Crippen LogP contribution is 2.28. The standard InChI is InChI=1S/C23H40N6O3S/c24-23(27-21-9-12-25-13-10-21)26-11-3-1-2-4-20-33(30,31)29(22-7-5-8-22)15-6-14-28-16-18-32-19-17-28/h9-10,12-13,22H,1-8,11,14-20H2,(H3,24,25,26,27). The molecule has 2 aliphatic rings. The van der Waals surface area contributed by atoms with Gasteiger partial charge in [-0.2, -0.15) is 4.31 Å². The fourth-order valence-electron chi connectivity index (χ4n) is 4.22. The van der Waals surface area contributed by atoms with Crippen molar-refractivity contribution >= 4 is 21.7 Å². The predicted octanol–water partition coefficient (Wildman–Crippen LogP) is 2.48. The number of nitrogens with one attached hydrogen (secondary N) is 3. The molecule has 1 saturated carbocycles. The van der Waals surface area contributed by atoms with Gasteiger partial charge in [0.2, 0.25) is 10.0 Å². The van der Waals surface area contributed by atoms with Gasteiger partial charge in [-0.15, -0.1) is 0 Å². The number of aromatic nitrogens is 1. The summed E-state index contributed by atoms with van der Waals surface area (Å²) >= 11 is 0. The second kappa shape index (κ2) is 13.8. The summed E-state index contributed by atoms with van der Waals surface area (Å²) < 4.78 is 33.3. The van der Waals surface area contributed by atoms with Crippen LogP contribution in [0.5, 0.6) is 0 Å². The maximum absolute atomic E-state index is 13.0.